The second-order valence-electron chi connectivity index (χ2n) is 3.98. The number of anilines is 1. The van der Waals surface area contributed by atoms with Gasteiger partial charge in [0.15, 0.2) is 16.5 Å². The van der Waals surface area contributed by atoms with E-state index in [1.54, 1.807) is 21.0 Å². The van der Waals surface area contributed by atoms with Gasteiger partial charge in [-0.3, -0.25) is 4.40 Å². The van der Waals surface area contributed by atoms with Crippen molar-refractivity contribution < 1.29 is 9.90 Å². The van der Waals surface area contributed by atoms with E-state index >= 15 is 0 Å². The van der Waals surface area contributed by atoms with Crippen LogP contribution in [0, 0.1) is 0 Å². The van der Waals surface area contributed by atoms with Crippen LogP contribution in [0.2, 0.25) is 0 Å². The zero-order valence-electron chi connectivity index (χ0n) is 9.98. The Labute approximate surface area is 116 Å². The lowest BCUT2D eigenvalue weighted by atomic mass is 10.3. The van der Waals surface area contributed by atoms with E-state index in [-0.39, 0.29) is 5.69 Å². The predicted octanol–water partition coefficient (Wildman–Crippen LogP) is 2.19. The Bertz CT molecular complexity index is 716. The lowest BCUT2D eigenvalue weighted by molar-refractivity contribution is 0.0690. The number of imidazole rings is 1. The molecule has 0 saturated carbocycles. The Morgan fingerprint density at radius 1 is 1.58 bits per heavy atom. The smallest absolute Gasteiger partial charge is 0.356 e. The second kappa shape index (κ2) is 4.63. The summed E-state index contributed by atoms with van der Waals surface area (Å²) in [5, 5.41) is 13.1. The van der Waals surface area contributed by atoms with Gasteiger partial charge < -0.3 is 10.0 Å². The second-order valence-corrected chi connectivity index (χ2v) is 5.57. The van der Waals surface area contributed by atoms with Crippen LogP contribution in [-0.4, -0.2) is 32.5 Å². The molecule has 6 nitrogen and oxygen atoms in total. The van der Waals surface area contributed by atoms with Gasteiger partial charge in [-0.2, -0.15) is 0 Å². The minimum Gasteiger partial charge on any atom is -0.476 e. The van der Waals surface area contributed by atoms with Gasteiger partial charge in [-0.15, -0.1) is 22.7 Å². The minimum atomic E-state index is -0.981. The molecule has 0 bridgehead atoms. The number of hydrogen-bond donors (Lipinski definition) is 1. The molecule has 19 heavy (non-hydrogen) atoms. The molecule has 0 aromatic carbocycles. The van der Waals surface area contributed by atoms with Crippen LogP contribution >= 0.6 is 22.7 Å². The molecule has 0 aliphatic rings. The largest absolute Gasteiger partial charge is 0.476 e. The van der Waals surface area contributed by atoms with E-state index in [4.69, 9.17) is 0 Å². The predicted molar refractivity (Wildman–Crippen MR) is 74.2 cm³/mol. The molecule has 1 N–H and O–H groups in total. The van der Waals surface area contributed by atoms with Gasteiger partial charge >= 0.3 is 5.97 Å². The van der Waals surface area contributed by atoms with Crippen molar-refractivity contribution in [2.45, 2.75) is 6.54 Å². The summed E-state index contributed by atoms with van der Waals surface area (Å²) in [6, 6.07) is 0. The molecule has 3 aromatic heterocycles. The number of thiazole rings is 2. The summed E-state index contributed by atoms with van der Waals surface area (Å²) in [5.41, 5.74) is 2.85. The number of carboxylic acids is 1. The van der Waals surface area contributed by atoms with Gasteiger partial charge in [0.25, 0.3) is 0 Å². The Hall–Kier alpha value is -1.93. The van der Waals surface area contributed by atoms with Gasteiger partial charge in [0.1, 0.15) is 0 Å². The van der Waals surface area contributed by atoms with E-state index in [1.807, 2.05) is 17.8 Å². The van der Waals surface area contributed by atoms with E-state index in [2.05, 4.69) is 9.97 Å². The van der Waals surface area contributed by atoms with E-state index in [1.165, 1.54) is 22.7 Å². The molecular formula is C11H10N4O2S2. The highest BCUT2D eigenvalue weighted by Crippen LogP contribution is 2.25. The first-order valence-corrected chi connectivity index (χ1v) is 7.26. The maximum absolute atomic E-state index is 11.4. The van der Waals surface area contributed by atoms with Crippen LogP contribution in [0.25, 0.3) is 4.96 Å². The summed E-state index contributed by atoms with van der Waals surface area (Å²) >= 11 is 2.93. The van der Waals surface area contributed by atoms with Gasteiger partial charge in [0.2, 0.25) is 0 Å². The zero-order chi connectivity index (χ0) is 13.4. The number of carbonyl (C=O) groups is 1. The summed E-state index contributed by atoms with van der Waals surface area (Å²) in [6.07, 6.45) is 1.72. The van der Waals surface area contributed by atoms with Crippen LogP contribution < -0.4 is 4.90 Å². The molecule has 0 unspecified atom stereocenters. The van der Waals surface area contributed by atoms with Gasteiger partial charge in [-0.05, 0) is 0 Å². The molecule has 0 atom stereocenters. The van der Waals surface area contributed by atoms with Gasteiger partial charge in [-0.25, -0.2) is 14.8 Å². The van der Waals surface area contributed by atoms with Crippen LogP contribution in [-0.2, 0) is 6.54 Å². The van der Waals surface area contributed by atoms with Crippen molar-refractivity contribution in [2.75, 3.05) is 11.9 Å². The molecule has 98 valence electrons. The van der Waals surface area contributed by atoms with Crippen LogP contribution in [0.3, 0.4) is 0 Å². The van der Waals surface area contributed by atoms with Crippen molar-refractivity contribution in [3.05, 3.63) is 33.9 Å². The van der Waals surface area contributed by atoms with Gasteiger partial charge in [0, 0.05) is 24.0 Å². The number of aromatic nitrogens is 3. The third-order valence-electron chi connectivity index (χ3n) is 2.69. The van der Waals surface area contributed by atoms with Crippen LogP contribution in [0.5, 0.6) is 0 Å². The first kappa shape index (κ1) is 12.1. The normalized spacial score (nSPS) is 11.0. The summed E-state index contributed by atoms with van der Waals surface area (Å²) in [7, 11) is 1.82. The van der Waals surface area contributed by atoms with Gasteiger partial charge in [0.05, 0.1) is 17.7 Å². The number of aromatic carboxylic acids is 1. The Morgan fingerprint density at radius 2 is 2.42 bits per heavy atom. The summed E-state index contributed by atoms with van der Waals surface area (Å²) in [4.78, 5) is 22.5. The van der Waals surface area contributed by atoms with Crippen molar-refractivity contribution in [2.24, 2.45) is 0 Å². The van der Waals surface area contributed by atoms with Crippen molar-refractivity contribution in [1.82, 2.24) is 14.4 Å². The zero-order valence-corrected chi connectivity index (χ0v) is 11.6. The molecule has 3 aromatic rings. The number of hydrogen-bond acceptors (Lipinski definition) is 6. The lowest BCUT2D eigenvalue weighted by Crippen LogP contribution is -2.20. The Morgan fingerprint density at radius 3 is 3.11 bits per heavy atom. The summed E-state index contributed by atoms with van der Waals surface area (Å²) in [6.45, 7) is 0.536. The topological polar surface area (TPSA) is 70.7 Å². The quantitative estimate of drug-likeness (QED) is 0.798. The van der Waals surface area contributed by atoms with Crippen molar-refractivity contribution in [3.63, 3.8) is 0 Å². The molecule has 3 heterocycles. The highest BCUT2D eigenvalue weighted by molar-refractivity contribution is 7.15. The average Bonchev–Trinajstić information content (AvgIpc) is 3.02. The molecule has 8 heteroatoms. The SMILES string of the molecule is CN(Cc1cscn1)c1nc2sccn2c1C(=O)O. The molecule has 3 rings (SSSR count). The summed E-state index contributed by atoms with van der Waals surface area (Å²) in [5.74, 6) is -0.515. The third kappa shape index (κ3) is 2.08. The number of fused-ring (bicyclic) bond motifs is 1. The lowest BCUT2D eigenvalue weighted by Gasteiger charge is -2.15. The Kier molecular flexibility index (Phi) is 2.96. The van der Waals surface area contributed by atoms with Crippen LogP contribution in [0.1, 0.15) is 16.2 Å². The highest BCUT2D eigenvalue weighted by Gasteiger charge is 2.22. The van der Waals surface area contributed by atoms with E-state index in [0.29, 0.717) is 17.3 Å². The monoisotopic (exact) mass is 294 g/mol. The molecule has 0 fully saturated rings. The fraction of sp³-hybridized carbons (Fsp3) is 0.182. The first-order chi connectivity index (χ1) is 9.16. The van der Waals surface area contributed by atoms with Crippen molar-refractivity contribution in [3.8, 4) is 0 Å². The molecular weight excluding hydrogens is 284 g/mol. The minimum absolute atomic E-state index is 0.189. The number of carboxylic acid groups (broad SMARTS) is 1. The Balaban J connectivity index is 2.01. The van der Waals surface area contributed by atoms with E-state index in [0.717, 1.165) is 5.69 Å². The molecule has 0 aliphatic heterocycles. The standard InChI is InChI=1S/C11H10N4O2S2/c1-14(4-7-5-18-6-12-7)9-8(10(16)17)15-2-3-19-11(15)13-9/h2-3,5-6H,4H2,1H3,(H,16,17). The molecule has 0 radical (unpaired) electrons. The van der Waals surface area contributed by atoms with E-state index in [9.17, 15) is 9.90 Å². The van der Waals surface area contributed by atoms with Crippen molar-refractivity contribution in [1.29, 1.82) is 0 Å². The molecule has 0 spiro atoms. The van der Waals surface area contributed by atoms with Crippen LogP contribution in [0.15, 0.2) is 22.5 Å². The third-order valence-corrected chi connectivity index (χ3v) is 4.08. The fourth-order valence-corrected chi connectivity index (χ4v) is 3.13. The highest BCUT2D eigenvalue weighted by atomic mass is 32.1. The summed E-state index contributed by atoms with van der Waals surface area (Å²) < 4.78 is 1.60. The molecule has 0 saturated heterocycles. The maximum atomic E-state index is 11.4. The first-order valence-electron chi connectivity index (χ1n) is 5.44. The number of nitrogens with zero attached hydrogens (tertiary/aromatic N) is 4. The average molecular weight is 294 g/mol. The molecule has 0 aliphatic carbocycles. The van der Waals surface area contributed by atoms with Crippen LogP contribution in [0.4, 0.5) is 5.82 Å². The fourth-order valence-electron chi connectivity index (χ4n) is 1.87. The number of rotatable bonds is 4. The molecule has 0 amide bonds. The van der Waals surface area contributed by atoms with Gasteiger partial charge in [-0.1, -0.05) is 0 Å². The van der Waals surface area contributed by atoms with Crippen molar-refractivity contribution >= 4 is 39.4 Å². The van der Waals surface area contributed by atoms with E-state index < -0.39 is 5.97 Å². The maximum Gasteiger partial charge on any atom is 0.356 e.